The fraction of sp³-hybridized carbons (Fsp3) is 0.500. The highest BCUT2D eigenvalue weighted by Crippen LogP contribution is 2.39. The Morgan fingerprint density at radius 2 is 2.20 bits per heavy atom. The van der Waals surface area contributed by atoms with Crippen molar-refractivity contribution in [3.63, 3.8) is 0 Å². The first-order valence-corrected chi connectivity index (χ1v) is 7.80. The fourth-order valence-electron chi connectivity index (χ4n) is 2.03. The molecule has 20 heavy (non-hydrogen) atoms. The molecular formula is C12H15ClN6S. The highest BCUT2D eigenvalue weighted by molar-refractivity contribution is 7.98. The highest BCUT2D eigenvalue weighted by Gasteiger charge is 2.29. The molecule has 0 radical (unpaired) electrons. The Morgan fingerprint density at radius 3 is 2.85 bits per heavy atom. The minimum Gasteiger partial charge on any atom is -0.324 e. The van der Waals surface area contributed by atoms with Gasteiger partial charge in [-0.15, -0.1) is 10.2 Å². The standard InChI is InChI=1S/C12H15ClN6S/c1-7-4-9(13)16-10(15-7)6-20-12-18-17-11(5-14)19(12)8-2-3-8/h4,8H,2-3,5-6,14H2,1H3. The SMILES string of the molecule is Cc1cc(Cl)nc(CSc2nnc(CN)n2C2CC2)n1. The van der Waals surface area contributed by atoms with Gasteiger partial charge < -0.3 is 10.3 Å². The van der Waals surface area contributed by atoms with E-state index in [1.165, 1.54) is 12.8 Å². The van der Waals surface area contributed by atoms with E-state index in [1.807, 2.05) is 6.92 Å². The molecular weight excluding hydrogens is 296 g/mol. The molecule has 2 aromatic rings. The third-order valence-corrected chi connectivity index (χ3v) is 4.16. The predicted molar refractivity (Wildman–Crippen MR) is 77.5 cm³/mol. The third-order valence-electron chi connectivity index (χ3n) is 3.03. The number of thioether (sulfide) groups is 1. The Labute approximate surface area is 126 Å². The molecule has 0 amide bonds. The Hall–Kier alpha value is -1.18. The van der Waals surface area contributed by atoms with Gasteiger partial charge in [-0.3, -0.25) is 0 Å². The molecule has 2 N–H and O–H groups in total. The molecule has 1 aliphatic carbocycles. The van der Waals surface area contributed by atoms with Crippen molar-refractivity contribution in [2.75, 3.05) is 0 Å². The maximum atomic E-state index is 5.94. The number of hydrogen-bond donors (Lipinski definition) is 1. The fourth-order valence-corrected chi connectivity index (χ4v) is 3.16. The lowest BCUT2D eigenvalue weighted by Crippen LogP contribution is -2.08. The lowest BCUT2D eigenvalue weighted by molar-refractivity contribution is 0.626. The summed E-state index contributed by atoms with van der Waals surface area (Å²) in [7, 11) is 0. The summed E-state index contributed by atoms with van der Waals surface area (Å²) in [5.74, 6) is 2.18. The summed E-state index contributed by atoms with van der Waals surface area (Å²) in [5.41, 5.74) is 6.57. The van der Waals surface area contributed by atoms with Crippen LogP contribution in [0.2, 0.25) is 5.15 Å². The van der Waals surface area contributed by atoms with Gasteiger partial charge in [0.2, 0.25) is 0 Å². The van der Waals surface area contributed by atoms with Crippen LogP contribution in [0.3, 0.4) is 0 Å². The molecule has 3 rings (SSSR count). The summed E-state index contributed by atoms with van der Waals surface area (Å²) in [6.07, 6.45) is 2.34. The number of hydrogen-bond acceptors (Lipinski definition) is 6. The van der Waals surface area contributed by atoms with E-state index in [-0.39, 0.29) is 0 Å². The van der Waals surface area contributed by atoms with Crippen LogP contribution in [0.25, 0.3) is 0 Å². The summed E-state index contributed by atoms with van der Waals surface area (Å²) in [6, 6.07) is 2.25. The molecule has 0 atom stereocenters. The summed E-state index contributed by atoms with van der Waals surface area (Å²) >= 11 is 7.51. The first kappa shape index (κ1) is 13.8. The lowest BCUT2D eigenvalue weighted by Gasteiger charge is -2.07. The van der Waals surface area contributed by atoms with E-state index in [4.69, 9.17) is 17.3 Å². The number of rotatable bonds is 5. The van der Waals surface area contributed by atoms with E-state index < -0.39 is 0 Å². The van der Waals surface area contributed by atoms with Crippen molar-refractivity contribution in [1.29, 1.82) is 0 Å². The van der Waals surface area contributed by atoms with Crippen LogP contribution in [0.5, 0.6) is 0 Å². The van der Waals surface area contributed by atoms with Crippen LogP contribution in [0, 0.1) is 6.92 Å². The monoisotopic (exact) mass is 310 g/mol. The van der Waals surface area contributed by atoms with E-state index in [9.17, 15) is 0 Å². The molecule has 0 spiro atoms. The largest absolute Gasteiger partial charge is 0.324 e. The smallest absolute Gasteiger partial charge is 0.191 e. The van der Waals surface area contributed by atoms with Crippen molar-refractivity contribution in [2.24, 2.45) is 5.73 Å². The average Bonchev–Trinajstić information content (AvgIpc) is 3.15. The predicted octanol–water partition coefficient (Wildman–Crippen LogP) is 2.12. The molecule has 0 unspecified atom stereocenters. The van der Waals surface area contributed by atoms with Gasteiger partial charge in [0, 0.05) is 11.7 Å². The van der Waals surface area contributed by atoms with E-state index in [0.717, 1.165) is 16.7 Å². The van der Waals surface area contributed by atoms with Gasteiger partial charge in [0.05, 0.1) is 12.3 Å². The second-order valence-corrected chi connectivity index (χ2v) is 6.07. The molecule has 0 bridgehead atoms. The number of halogens is 1. The van der Waals surface area contributed by atoms with Gasteiger partial charge in [-0.05, 0) is 25.8 Å². The molecule has 8 heteroatoms. The van der Waals surface area contributed by atoms with Crippen molar-refractivity contribution in [3.8, 4) is 0 Å². The molecule has 1 fully saturated rings. The van der Waals surface area contributed by atoms with Gasteiger partial charge in [0.25, 0.3) is 0 Å². The first-order valence-electron chi connectivity index (χ1n) is 6.44. The van der Waals surface area contributed by atoms with Crippen LogP contribution in [-0.4, -0.2) is 24.7 Å². The molecule has 106 valence electrons. The number of aryl methyl sites for hydroxylation is 1. The molecule has 1 saturated carbocycles. The zero-order chi connectivity index (χ0) is 14.1. The number of aromatic nitrogens is 5. The minimum atomic E-state index is 0.414. The van der Waals surface area contributed by atoms with Gasteiger partial charge in [-0.1, -0.05) is 23.4 Å². The van der Waals surface area contributed by atoms with Crippen LogP contribution in [0.15, 0.2) is 11.2 Å². The lowest BCUT2D eigenvalue weighted by atomic mass is 10.4. The van der Waals surface area contributed by atoms with Crippen LogP contribution < -0.4 is 5.73 Å². The van der Waals surface area contributed by atoms with Crippen LogP contribution >= 0.6 is 23.4 Å². The van der Waals surface area contributed by atoms with Gasteiger partial charge >= 0.3 is 0 Å². The van der Waals surface area contributed by atoms with Gasteiger partial charge in [-0.25, -0.2) is 9.97 Å². The molecule has 1 aliphatic rings. The quantitative estimate of drug-likeness (QED) is 0.673. The third kappa shape index (κ3) is 2.94. The minimum absolute atomic E-state index is 0.414. The number of nitrogens with two attached hydrogens (primary N) is 1. The Kier molecular flexibility index (Phi) is 3.91. The normalized spacial score (nSPS) is 14.8. The Morgan fingerprint density at radius 1 is 1.40 bits per heavy atom. The number of nitrogens with zero attached hydrogens (tertiary/aromatic N) is 5. The van der Waals surface area contributed by atoms with E-state index >= 15 is 0 Å². The van der Waals surface area contributed by atoms with Crippen molar-refractivity contribution in [3.05, 3.63) is 28.6 Å². The molecule has 0 aromatic carbocycles. The van der Waals surface area contributed by atoms with Crippen molar-refractivity contribution >= 4 is 23.4 Å². The molecule has 0 saturated heterocycles. The highest BCUT2D eigenvalue weighted by atomic mass is 35.5. The summed E-state index contributed by atoms with van der Waals surface area (Å²) in [6.45, 7) is 2.32. The molecule has 2 heterocycles. The van der Waals surface area contributed by atoms with Gasteiger partial charge in [-0.2, -0.15) is 0 Å². The van der Waals surface area contributed by atoms with Crippen molar-refractivity contribution in [2.45, 2.75) is 43.3 Å². The first-order chi connectivity index (χ1) is 9.67. The Balaban J connectivity index is 1.76. The topological polar surface area (TPSA) is 82.5 Å². The molecule has 6 nitrogen and oxygen atoms in total. The maximum absolute atomic E-state index is 5.94. The Bertz CT molecular complexity index is 604. The summed E-state index contributed by atoms with van der Waals surface area (Å²) in [4.78, 5) is 8.59. The second kappa shape index (κ2) is 5.67. The zero-order valence-electron chi connectivity index (χ0n) is 11.1. The maximum Gasteiger partial charge on any atom is 0.191 e. The molecule has 2 aromatic heterocycles. The van der Waals surface area contributed by atoms with Crippen LogP contribution in [0.1, 0.15) is 36.2 Å². The van der Waals surface area contributed by atoms with Gasteiger partial charge in [0.15, 0.2) is 5.16 Å². The summed E-state index contributed by atoms with van der Waals surface area (Å²) < 4.78 is 2.14. The van der Waals surface area contributed by atoms with E-state index in [0.29, 0.717) is 29.3 Å². The zero-order valence-corrected chi connectivity index (χ0v) is 12.7. The van der Waals surface area contributed by atoms with Gasteiger partial charge in [0.1, 0.15) is 16.8 Å². The summed E-state index contributed by atoms with van der Waals surface area (Å²) in [5, 5.41) is 9.71. The average molecular weight is 311 g/mol. The molecule has 0 aliphatic heterocycles. The van der Waals surface area contributed by atoms with Crippen molar-refractivity contribution < 1.29 is 0 Å². The second-order valence-electron chi connectivity index (χ2n) is 4.74. The van der Waals surface area contributed by atoms with Crippen LogP contribution in [0.4, 0.5) is 0 Å². The van der Waals surface area contributed by atoms with Crippen LogP contribution in [-0.2, 0) is 12.3 Å². The van der Waals surface area contributed by atoms with E-state index in [1.54, 1.807) is 17.8 Å². The van der Waals surface area contributed by atoms with E-state index in [2.05, 4.69) is 24.7 Å². The van der Waals surface area contributed by atoms with Crippen molar-refractivity contribution in [1.82, 2.24) is 24.7 Å².